The van der Waals surface area contributed by atoms with Crippen LogP contribution in [0.4, 0.5) is 0 Å². The summed E-state index contributed by atoms with van der Waals surface area (Å²) in [6.07, 6.45) is 15.1. The summed E-state index contributed by atoms with van der Waals surface area (Å²) < 4.78 is 1.11. The zero-order chi connectivity index (χ0) is 16.9. The van der Waals surface area contributed by atoms with Gasteiger partial charge in [-0.1, -0.05) is 52.4 Å². The number of allylic oxidation sites excluding steroid dienone is 3. The van der Waals surface area contributed by atoms with E-state index in [4.69, 9.17) is 5.73 Å². The maximum absolute atomic E-state index is 6.16. The Morgan fingerprint density at radius 1 is 1.29 bits per heavy atom. The molecule has 0 amide bonds. The molecule has 3 N–H and O–H groups in total. The number of hydrogen-bond acceptors (Lipinski definition) is 2. The molecular formula is C21H27BrN2. The average Bonchev–Trinajstić information content (AvgIpc) is 2.61. The molecule has 1 heterocycles. The third-order valence-corrected chi connectivity index (χ3v) is 5.64. The van der Waals surface area contributed by atoms with Crippen molar-refractivity contribution >= 4 is 21.5 Å². The maximum atomic E-state index is 6.16. The second-order valence-electron chi connectivity index (χ2n) is 6.98. The molecule has 0 spiro atoms. The molecule has 4 unspecified atom stereocenters. The summed E-state index contributed by atoms with van der Waals surface area (Å²) >= 11 is 3.54. The van der Waals surface area contributed by atoms with Crippen LogP contribution in [0, 0.1) is 17.8 Å². The summed E-state index contributed by atoms with van der Waals surface area (Å²) in [5, 5.41) is 3.45. The lowest BCUT2D eigenvalue weighted by molar-refractivity contribution is 0.291. The molecule has 24 heavy (non-hydrogen) atoms. The molecule has 0 bridgehead atoms. The number of nitrogens with two attached hydrogens (primary N) is 1. The van der Waals surface area contributed by atoms with Crippen molar-refractivity contribution in [2.45, 2.75) is 32.2 Å². The largest absolute Gasteiger partial charge is 0.391 e. The van der Waals surface area contributed by atoms with E-state index in [-0.39, 0.29) is 6.04 Å². The van der Waals surface area contributed by atoms with Gasteiger partial charge in [0, 0.05) is 23.0 Å². The van der Waals surface area contributed by atoms with Crippen LogP contribution in [-0.2, 0) is 0 Å². The topological polar surface area (TPSA) is 38.0 Å². The molecule has 2 aliphatic rings. The number of rotatable bonds is 4. The summed E-state index contributed by atoms with van der Waals surface area (Å²) in [6, 6.07) is 8.70. The van der Waals surface area contributed by atoms with Gasteiger partial charge in [0.25, 0.3) is 0 Å². The van der Waals surface area contributed by atoms with Crippen LogP contribution in [0.5, 0.6) is 0 Å². The summed E-state index contributed by atoms with van der Waals surface area (Å²) in [6.45, 7) is 3.04. The third kappa shape index (κ3) is 4.20. The Bertz CT molecular complexity index is 628. The SMILES string of the molecule is CC(N)/C=C(/c1ccc(Br)cc1)C1CNC=CC1C1CC=CCC1. The van der Waals surface area contributed by atoms with Crippen molar-refractivity contribution in [1.82, 2.24) is 5.32 Å². The molecule has 128 valence electrons. The van der Waals surface area contributed by atoms with E-state index in [2.05, 4.69) is 82.9 Å². The lowest BCUT2D eigenvalue weighted by Gasteiger charge is -2.37. The van der Waals surface area contributed by atoms with Gasteiger partial charge in [-0.25, -0.2) is 0 Å². The average molecular weight is 387 g/mol. The highest BCUT2D eigenvalue weighted by Crippen LogP contribution is 2.40. The number of benzene rings is 1. The van der Waals surface area contributed by atoms with Crippen LogP contribution in [0.3, 0.4) is 0 Å². The van der Waals surface area contributed by atoms with Crippen LogP contribution in [0.1, 0.15) is 31.7 Å². The molecule has 1 aliphatic carbocycles. The smallest absolute Gasteiger partial charge is 0.0216 e. The first kappa shape index (κ1) is 17.5. The van der Waals surface area contributed by atoms with Gasteiger partial charge < -0.3 is 11.1 Å². The molecule has 0 saturated carbocycles. The van der Waals surface area contributed by atoms with Crippen molar-refractivity contribution in [2.24, 2.45) is 23.5 Å². The monoisotopic (exact) mass is 386 g/mol. The Morgan fingerprint density at radius 3 is 2.75 bits per heavy atom. The zero-order valence-electron chi connectivity index (χ0n) is 14.3. The highest BCUT2D eigenvalue weighted by Gasteiger charge is 2.32. The molecule has 2 nitrogen and oxygen atoms in total. The molecular weight excluding hydrogens is 360 g/mol. The zero-order valence-corrected chi connectivity index (χ0v) is 15.9. The van der Waals surface area contributed by atoms with E-state index in [1.54, 1.807) is 0 Å². The molecule has 1 aromatic rings. The molecule has 0 fully saturated rings. The third-order valence-electron chi connectivity index (χ3n) is 5.11. The minimum atomic E-state index is 0.0569. The predicted molar refractivity (Wildman–Crippen MR) is 106 cm³/mol. The molecule has 1 aliphatic heterocycles. The first-order valence-electron chi connectivity index (χ1n) is 8.93. The van der Waals surface area contributed by atoms with Gasteiger partial charge in [0.1, 0.15) is 0 Å². The molecule has 0 radical (unpaired) electrons. The summed E-state index contributed by atoms with van der Waals surface area (Å²) in [4.78, 5) is 0. The second kappa shape index (κ2) is 8.17. The lowest BCUT2D eigenvalue weighted by atomic mass is 9.71. The van der Waals surface area contributed by atoms with Gasteiger partial charge in [0.2, 0.25) is 0 Å². The quantitative estimate of drug-likeness (QED) is 0.723. The number of hydrogen-bond donors (Lipinski definition) is 2. The van der Waals surface area contributed by atoms with E-state index in [0.29, 0.717) is 11.8 Å². The minimum absolute atomic E-state index is 0.0569. The van der Waals surface area contributed by atoms with Crippen LogP contribution in [0.25, 0.3) is 5.57 Å². The van der Waals surface area contributed by atoms with Gasteiger partial charge in [0.15, 0.2) is 0 Å². The van der Waals surface area contributed by atoms with Crippen LogP contribution in [0.15, 0.2) is 59.2 Å². The van der Waals surface area contributed by atoms with E-state index in [1.807, 2.05) is 0 Å². The van der Waals surface area contributed by atoms with E-state index < -0.39 is 0 Å². The van der Waals surface area contributed by atoms with Gasteiger partial charge in [-0.05, 0) is 67.5 Å². The van der Waals surface area contributed by atoms with Crippen molar-refractivity contribution in [1.29, 1.82) is 0 Å². The first-order valence-corrected chi connectivity index (χ1v) is 9.72. The summed E-state index contributed by atoms with van der Waals surface area (Å²) in [5.41, 5.74) is 8.83. The van der Waals surface area contributed by atoms with Crippen LogP contribution in [0.2, 0.25) is 0 Å². The normalized spacial score (nSPS) is 28.5. The molecule has 1 aromatic carbocycles. The molecule has 3 heteroatoms. The Morgan fingerprint density at radius 2 is 2.08 bits per heavy atom. The van der Waals surface area contributed by atoms with E-state index in [9.17, 15) is 0 Å². The Labute approximate surface area is 154 Å². The molecule has 4 atom stereocenters. The molecule has 0 saturated heterocycles. The van der Waals surface area contributed by atoms with Crippen molar-refractivity contribution in [3.8, 4) is 0 Å². The summed E-state index contributed by atoms with van der Waals surface area (Å²) in [7, 11) is 0. The highest BCUT2D eigenvalue weighted by atomic mass is 79.9. The fraction of sp³-hybridized carbons (Fsp3) is 0.429. The summed E-state index contributed by atoms with van der Waals surface area (Å²) in [5.74, 6) is 1.77. The van der Waals surface area contributed by atoms with E-state index in [1.165, 1.54) is 30.4 Å². The Kier molecular flexibility index (Phi) is 5.96. The van der Waals surface area contributed by atoms with Crippen molar-refractivity contribution in [3.05, 3.63) is 64.8 Å². The fourth-order valence-corrected chi connectivity index (χ4v) is 4.24. The van der Waals surface area contributed by atoms with Crippen molar-refractivity contribution in [3.63, 3.8) is 0 Å². The van der Waals surface area contributed by atoms with E-state index >= 15 is 0 Å². The second-order valence-corrected chi connectivity index (χ2v) is 7.90. The Balaban J connectivity index is 1.94. The van der Waals surface area contributed by atoms with Gasteiger partial charge in [-0.3, -0.25) is 0 Å². The molecule has 0 aromatic heterocycles. The van der Waals surface area contributed by atoms with Crippen LogP contribution in [-0.4, -0.2) is 12.6 Å². The minimum Gasteiger partial charge on any atom is -0.391 e. The fourth-order valence-electron chi connectivity index (χ4n) is 3.97. The number of halogens is 1. The van der Waals surface area contributed by atoms with Gasteiger partial charge in [0.05, 0.1) is 0 Å². The number of nitrogens with one attached hydrogen (secondary N) is 1. The van der Waals surface area contributed by atoms with E-state index in [0.717, 1.165) is 16.9 Å². The van der Waals surface area contributed by atoms with Crippen molar-refractivity contribution in [2.75, 3.05) is 6.54 Å². The van der Waals surface area contributed by atoms with Crippen LogP contribution < -0.4 is 11.1 Å². The first-order chi connectivity index (χ1) is 11.6. The van der Waals surface area contributed by atoms with Crippen LogP contribution >= 0.6 is 15.9 Å². The highest BCUT2D eigenvalue weighted by molar-refractivity contribution is 9.10. The maximum Gasteiger partial charge on any atom is 0.0216 e. The van der Waals surface area contributed by atoms with Gasteiger partial charge in [-0.2, -0.15) is 0 Å². The predicted octanol–water partition coefficient (Wildman–Crippen LogP) is 4.89. The van der Waals surface area contributed by atoms with Gasteiger partial charge in [-0.15, -0.1) is 0 Å². The lowest BCUT2D eigenvalue weighted by Crippen LogP contribution is -2.35. The van der Waals surface area contributed by atoms with Crippen molar-refractivity contribution < 1.29 is 0 Å². The standard InChI is InChI=1S/C21H27BrN2/c1-15(23)13-20(17-7-9-18(22)10-8-17)21-14-24-12-11-19(21)16-5-3-2-4-6-16/h2-3,7-13,15-16,19,21,24H,4-6,14,23H2,1H3/b20-13-. The van der Waals surface area contributed by atoms with Gasteiger partial charge >= 0.3 is 0 Å². The Hall–Kier alpha value is -1.32. The molecule has 3 rings (SSSR count).